The molecular formula is C56H38N4O. The van der Waals surface area contributed by atoms with E-state index in [2.05, 4.69) is 203 Å². The average molecular weight is 783 g/mol. The van der Waals surface area contributed by atoms with Crippen LogP contribution in [-0.2, 0) is 5.41 Å². The molecule has 1 spiro atoms. The molecule has 0 bridgehead atoms. The number of ether oxygens (including phenoxy) is 1. The predicted molar refractivity (Wildman–Crippen MR) is 249 cm³/mol. The van der Waals surface area contributed by atoms with Crippen molar-refractivity contribution in [2.45, 2.75) is 5.41 Å². The molecule has 2 aliphatic heterocycles. The molecule has 3 aliphatic rings. The molecule has 61 heavy (non-hydrogen) atoms. The van der Waals surface area contributed by atoms with E-state index < -0.39 is 5.41 Å². The summed E-state index contributed by atoms with van der Waals surface area (Å²) in [7, 11) is 2.20. The molecule has 0 amide bonds. The number of anilines is 3. The van der Waals surface area contributed by atoms with Crippen LogP contribution in [0.3, 0.4) is 0 Å². The highest BCUT2D eigenvalue weighted by Gasteiger charge is 2.53. The van der Waals surface area contributed by atoms with Crippen molar-refractivity contribution in [3.05, 3.63) is 223 Å². The highest BCUT2D eigenvalue weighted by molar-refractivity contribution is 6.09. The highest BCUT2D eigenvalue weighted by atomic mass is 16.5. The first-order chi connectivity index (χ1) is 30.1. The van der Waals surface area contributed by atoms with E-state index in [0.717, 1.165) is 46.1 Å². The third kappa shape index (κ3) is 4.80. The van der Waals surface area contributed by atoms with Crippen LogP contribution in [0.2, 0.25) is 0 Å². The van der Waals surface area contributed by atoms with Crippen molar-refractivity contribution in [3.8, 4) is 50.7 Å². The fourth-order valence-electron chi connectivity index (χ4n) is 10.6. The molecule has 0 atom stereocenters. The van der Waals surface area contributed by atoms with Gasteiger partial charge in [0.2, 0.25) is 0 Å². The van der Waals surface area contributed by atoms with Gasteiger partial charge in [0.25, 0.3) is 0 Å². The number of rotatable bonds is 5. The lowest BCUT2D eigenvalue weighted by Crippen LogP contribution is -2.37. The number of hydrogen-bond donors (Lipinski definition) is 0. The van der Waals surface area contributed by atoms with Crippen LogP contribution in [0.4, 0.5) is 17.1 Å². The lowest BCUT2D eigenvalue weighted by molar-refractivity contribution is 0.482. The van der Waals surface area contributed by atoms with Crippen molar-refractivity contribution < 1.29 is 4.74 Å². The SMILES string of the molecule is CN1CN2c3cc(Oc4ccc5c6ccccc6n(-c6ccccn6)c5c4)ccc3C3(c4cc(-c5ccccc5)ccc4-c4ccc(-c5ccccc5)cc43)c3cccc1c32. The highest BCUT2D eigenvalue weighted by Crippen LogP contribution is 2.65. The van der Waals surface area contributed by atoms with Crippen LogP contribution in [0, 0.1) is 0 Å². The Kier molecular flexibility index (Phi) is 7.14. The molecule has 13 rings (SSSR count). The van der Waals surface area contributed by atoms with Crippen molar-refractivity contribution in [1.29, 1.82) is 0 Å². The Morgan fingerprint density at radius 2 is 1.13 bits per heavy atom. The van der Waals surface area contributed by atoms with E-state index in [4.69, 9.17) is 9.72 Å². The second-order valence-electron chi connectivity index (χ2n) is 16.4. The van der Waals surface area contributed by atoms with Gasteiger partial charge in [0, 0.05) is 36.1 Å². The molecular weight excluding hydrogens is 745 g/mol. The number of hydrogen-bond acceptors (Lipinski definition) is 4. The standard InChI is InChI=1S/C56H38N4O/c1-58-35-59-53-34-41(61-40-24-28-45-44-17-8-9-19-50(44)60(52(45)33-40)54-21-10-11-30-57-54)25-29-46(53)56(47-18-12-20-51(58)55(47)59)48-31-38(36-13-4-2-5-14-36)22-26-42(48)43-27-23-39(32-49(43)56)37-15-6-3-7-16-37/h2-34H,35H2,1H3. The summed E-state index contributed by atoms with van der Waals surface area (Å²) < 4.78 is 9.17. The normalized spacial score (nSPS) is 14.0. The minimum absolute atomic E-state index is 0.594. The number of nitrogens with zero attached hydrogens (tertiary/aromatic N) is 4. The summed E-state index contributed by atoms with van der Waals surface area (Å²) in [4.78, 5) is 9.63. The van der Waals surface area contributed by atoms with Gasteiger partial charge in [-0.25, -0.2) is 4.98 Å². The van der Waals surface area contributed by atoms with Gasteiger partial charge >= 0.3 is 0 Å². The number of aromatic nitrogens is 2. The second kappa shape index (κ2) is 12.8. The summed E-state index contributed by atoms with van der Waals surface area (Å²) in [6.45, 7) is 0.739. The van der Waals surface area contributed by atoms with E-state index in [1.54, 1.807) is 0 Å². The van der Waals surface area contributed by atoms with E-state index in [0.29, 0.717) is 0 Å². The maximum absolute atomic E-state index is 6.93. The predicted octanol–water partition coefficient (Wildman–Crippen LogP) is 13.5. The molecule has 5 nitrogen and oxygen atoms in total. The van der Waals surface area contributed by atoms with Crippen LogP contribution in [-0.4, -0.2) is 23.3 Å². The van der Waals surface area contributed by atoms with Crippen LogP contribution in [0.15, 0.2) is 200 Å². The molecule has 0 saturated heterocycles. The Morgan fingerprint density at radius 1 is 0.475 bits per heavy atom. The molecule has 10 aromatic rings. The van der Waals surface area contributed by atoms with Crippen LogP contribution < -0.4 is 14.5 Å². The summed E-state index contributed by atoms with van der Waals surface area (Å²) >= 11 is 0. The zero-order chi connectivity index (χ0) is 40.2. The van der Waals surface area contributed by atoms with Crippen LogP contribution in [0.5, 0.6) is 11.5 Å². The number of benzene rings is 8. The van der Waals surface area contributed by atoms with Crippen molar-refractivity contribution in [2.24, 2.45) is 0 Å². The zero-order valence-corrected chi connectivity index (χ0v) is 33.5. The first kappa shape index (κ1) is 34.0. The average Bonchev–Trinajstić information content (AvgIpc) is 3.94. The second-order valence-corrected chi connectivity index (χ2v) is 16.4. The first-order valence-electron chi connectivity index (χ1n) is 20.9. The molecule has 288 valence electrons. The van der Waals surface area contributed by atoms with Gasteiger partial charge in [0.05, 0.1) is 40.2 Å². The van der Waals surface area contributed by atoms with E-state index in [1.165, 1.54) is 72.4 Å². The Labute approximate surface area is 354 Å². The monoisotopic (exact) mass is 782 g/mol. The lowest BCUT2D eigenvalue weighted by atomic mass is 9.64. The fourth-order valence-corrected chi connectivity index (χ4v) is 10.6. The lowest BCUT2D eigenvalue weighted by Gasteiger charge is -2.43. The number of fused-ring (bicyclic) bond motifs is 12. The Balaban J connectivity index is 1.04. The van der Waals surface area contributed by atoms with Crippen molar-refractivity contribution in [3.63, 3.8) is 0 Å². The molecule has 5 heteroatoms. The molecule has 2 aromatic heterocycles. The summed E-state index contributed by atoms with van der Waals surface area (Å²) in [6, 6.07) is 70.5. The molecule has 0 fully saturated rings. The largest absolute Gasteiger partial charge is 0.457 e. The maximum Gasteiger partial charge on any atom is 0.137 e. The van der Waals surface area contributed by atoms with Gasteiger partial charge in [-0.1, -0.05) is 127 Å². The van der Waals surface area contributed by atoms with Gasteiger partial charge in [0.15, 0.2) is 0 Å². The van der Waals surface area contributed by atoms with Crippen molar-refractivity contribution in [1.82, 2.24) is 9.55 Å². The van der Waals surface area contributed by atoms with Crippen LogP contribution in [0.25, 0.3) is 61.0 Å². The van der Waals surface area contributed by atoms with Gasteiger partial charge in [0.1, 0.15) is 17.3 Å². The molecule has 0 unspecified atom stereocenters. The van der Waals surface area contributed by atoms with Gasteiger partial charge in [-0.2, -0.15) is 0 Å². The summed E-state index contributed by atoms with van der Waals surface area (Å²) in [5.74, 6) is 2.44. The van der Waals surface area contributed by atoms with E-state index >= 15 is 0 Å². The Hall–Kier alpha value is -7.89. The zero-order valence-electron chi connectivity index (χ0n) is 33.5. The molecule has 0 radical (unpaired) electrons. The van der Waals surface area contributed by atoms with E-state index in [9.17, 15) is 0 Å². The fraction of sp³-hybridized carbons (Fsp3) is 0.0536. The maximum atomic E-state index is 6.93. The topological polar surface area (TPSA) is 33.5 Å². The molecule has 0 saturated carbocycles. The summed E-state index contributed by atoms with van der Waals surface area (Å²) in [5.41, 5.74) is 17.8. The van der Waals surface area contributed by atoms with Gasteiger partial charge in [-0.15, -0.1) is 0 Å². The summed E-state index contributed by atoms with van der Waals surface area (Å²) in [5, 5.41) is 2.35. The summed E-state index contributed by atoms with van der Waals surface area (Å²) in [6.07, 6.45) is 1.85. The van der Waals surface area contributed by atoms with Crippen LogP contribution >= 0.6 is 0 Å². The smallest absolute Gasteiger partial charge is 0.137 e. The van der Waals surface area contributed by atoms with E-state index in [1.807, 2.05) is 18.3 Å². The van der Waals surface area contributed by atoms with Gasteiger partial charge < -0.3 is 14.5 Å². The Morgan fingerprint density at radius 3 is 1.85 bits per heavy atom. The van der Waals surface area contributed by atoms with Gasteiger partial charge in [-0.05, 0) is 110 Å². The molecule has 4 heterocycles. The quantitative estimate of drug-likeness (QED) is 0.174. The molecule has 1 aliphatic carbocycles. The number of para-hydroxylation sites is 2. The minimum atomic E-state index is -0.594. The van der Waals surface area contributed by atoms with Crippen molar-refractivity contribution >= 4 is 38.9 Å². The molecule has 0 N–H and O–H groups in total. The third-order valence-corrected chi connectivity index (χ3v) is 13.2. The first-order valence-corrected chi connectivity index (χ1v) is 20.9. The Bertz CT molecular complexity index is 3300. The molecule has 8 aromatic carbocycles. The third-order valence-electron chi connectivity index (χ3n) is 13.2. The van der Waals surface area contributed by atoms with E-state index in [-0.39, 0.29) is 0 Å². The minimum Gasteiger partial charge on any atom is -0.457 e. The van der Waals surface area contributed by atoms with Crippen LogP contribution in [0.1, 0.15) is 22.3 Å². The van der Waals surface area contributed by atoms with Gasteiger partial charge in [-0.3, -0.25) is 4.57 Å². The number of pyridine rings is 1. The van der Waals surface area contributed by atoms with Crippen molar-refractivity contribution in [2.75, 3.05) is 23.5 Å².